The second-order valence-electron chi connectivity index (χ2n) is 9.39. The summed E-state index contributed by atoms with van der Waals surface area (Å²) in [6, 6.07) is -0.591. The lowest BCUT2D eigenvalue weighted by Crippen LogP contribution is -2.54. The minimum Gasteiger partial charge on any atom is -0.469 e. The van der Waals surface area contributed by atoms with Gasteiger partial charge in [-0.15, -0.1) is 0 Å². The van der Waals surface area contributed by atoms with Crippen LogP contribution in [-0.4, -0.2) is 81.6 Å². The number of piperidine rings is 2. The van der Waals surface area contributed by atoms with Gasteiger partial charge in [-0.25, -0.2) is 9.97 Å². The first kappa shape index (κ1) is 27.3. The monoisotopic (exact) mass is 545 g/mol. The second-order valence-corrected chi connectivity index (χ2v) is 11.3. The summed E-state index contributed by atoms with van der Waals surface area (Å²) < 4.78 is 76.2. The highest BCUT2D eigenvalue weighted by Gasteiger charge is 2.40. The zero-order chi connectivity index (χ0) is 27.0. The van der Waals surface area contributed by atoms with Gasteiger partial charge in [-0.1, -0.05) is 0 Å². The zero-order valence-electron chi connectivity index (χ0n) is 20.8. The average Bonchev–Trinajstić information content (AvgIpc) is 3.29. The summed E-state index contributed by atoms with van der Waals surface area (Å²) >= 11 is 0. The molecule has 15 heteroatoms. The van der Waals surface area contributed by atoms with Crippen molar-refractivity contribution < 1.29 is 31.1 Å². The Hall–Kier alpha value is -2.78. The Morgan fingerprint density at radius 1 is 1.16 bits per heavy atom. The van der Waals surface area contributed by atoms with E-state index in [1.54, 1.807) is 14.0 Å². The standard InChI is InChI=1S/C22H30F3N7O4S/c1-14-10-17(6-9-32(14)37(34,35)31-7-4-15(5-8-31)20(33)36-3)28-21-26-12-18(22(23,24)25)19(29-21)16-11-27-30(2)13-16/h11-15,17H,4-10H2,1-3H3,(H,26,28,29). The van der Waals surface area contributed by atoms with E-state index in [9.17, 15) is 26.4 Å². The Morgan fingerprint density at radius 2 is 1.86 bits per heavy atom. The Bertz CT molecular complexity index is 1230. The van der Waals surface area contributed by atoms with Crippen molar-refractivity contribution in [2.75, 3.05) is 32.1 Å². The highest BCUT2D eigenvalue weighted by molar-refractivity contribution is 7.86. The van der Waals surface area contributed by atoms with Crippen LogP contribution in [0.1, 0.15) is 38.2 Å². The van der Waals surface area contributed by atoms with Crippen molar-refractivity contribution in [2.24, 2.45) is 13.0 Å². The molecular weight excluding hydrogens is 515 g/mol. The number of alkyl halides is 3. The molecule has 2 aromatic heterocycles. The SMILES string of the molecule is COC(=O)C1CCN(S(=O)(=O)N2CCC(Nc3ncc(C(F)(F)F)c(-c4cnn(C)c4)n3)CC2C)CC1. The molecule has 2 aliphatic rings. The molecule has 2 atom stereocenters. The van der Waals surface area contributed by atoms with Gasteiger partial charge in [-0.05, 0) is 32.6 Å². The fourth-order valence-electron chi connectivity index (χ4n) is 4.87. The molecule has 0 aliphatic carbocycles. The molecule has 4 heterocycles. The van der Waals surface area contributed by atoms with Gasteiger partial charge in [0.15, 0.2) is 0 Å². The molecule has 0 spiro atoms. The van der Waals surface area contributed by atoms with E-state index in [0.29, 0.717) is 25.7 Å². The number of methoxy groups -OCH3 is 1. The zero-order valence-corrected chi connectivity index (χ0v) is 21.6. The molecule has 2 aliphatic heterocycles. The van der Waals surface area contributed by atoms with Crippen molar-refractivity contribution in [1.82, 2.24) is 28.4 Å². The number of halogens is 3. The minimum atomic E-state index is -4.64. The van der Waals surface area contributed by atoms with Crippen LogP contribution in [0.25, 0.3) is 11.3 Å². The maximum absolute atomic E-state index is 13.6. The van der Waals surface area contributed by atoms with Gasteiger partial charge in [0, 0.05) is 56.7 Å². The molecule has 4 rings (SSSR count). The van der Waals surface area contributed by atoms with E-state index in [-0.39, 0.29) is 60.8 Å². The first-order valence-corrected chi connectivity index (χ1v) is 13.3. The van der Waals surface area contributed by atoms with Gasteiger partial charge in [0.1, 0.15) is 5.56 Å². The largest absolute Gasteiger partial charge is 0.469 e. The van der Waals surface area contributed by atoms with E-state index >= 15 is 0 Å². The third-order valence-corrected chi connectivity index (χ3v) is 8.98. The molecule has 2 aromatic rings. The fourth-order valence-corrected chi connectivity index (χ4v) is 6.71. The highest BCUT2D eigenvalue weighted by Crippen LogP contribution is 2.36. The molecule has 2 saturated heterocycles. The van der Waals surface area contributed by atoms with E-state index in [0.717, 1.165) is 6.20 Å². The Kier molecular flexibility index (Phi) is 7.76. The minimum absolute atomic E-state index is 0.0326. The number of hydrogen-bond acceptors (Lipinski definition) is 8. The van der Waals surface area contributed by atoms with Crippen molar-refractivity contribution in [3.05, 3.63) is 24.2 Å². The van der Waals surface area contributed by atoms with Gasteiger partial charge in [0.2, 0.25) is 5.95 Å². The van der Waals surface area contributed by atoms with Crippen LogP contribution in [0.3, 0.4) is 0 Å². The van der Waals surface area contributed by atoms with Crippen LogP contribution >= 0.6 is 0 Å². The number of nitrogens with one attached hydrogen (secondary N) is 1. The van der Waals surface area contributed by atoms with E-state index < -0.39 is 21.9 Å². The van der Waals surface area contributed by atoms with Crippen molar-refractivity contribution in [2.45, 2.75) is 50.9 Å². The number of aryl methyl sites for hydroxylation is 1. The summed E-state index contributed by atoms with van der Waals surface area (Å²) in [5.74, 6) is -0.594. The lowest BCUT2D eigenvalue weighted by molar-refractivity contribution is -0.146. The van der Waals surface area contributed by atoms with Crippen LogP contribution in [0.5, 0.6) is 0 Å². The molecule has 0 amide bonds. The van der Waals surface area contributed by atoms with Crippen LogP contribution < -0.4 is 5.32 Å². The summed E-state index contributed by atoms with van der Waals surface area (Å²) in [5.41, 5.74) is -1.02. The average molecular weight is 546 g/mol. The molecule has 0 radical (unpaired) electrons. The Balaban J connectivity index is 1.43. The van der Waals surface area contributed by atoms with Gasteiger partial charge in [-0.2, -0.15) is 35.3 Å². The molecule has 204 valence electrons. The summed E-state index contributed by atoms with van der Waals surface area (Å²) in [7, 11) is -0.809. The lowest BCUT2D eigenvalue weighted by Gasteiger charge is -2.41. The van der Waals surface area contributed by atoms with Crippen LogP contribution in [-0.2, 0) is 33.0 Å². The normalized spacial score (nSPS) is 22.6. The summed E-state index contributed by atoms with van der Waals surface area (Å²) in [4.78, 5) is 19.8. The van der Waals surface area contributed by atoms with Crippen molar-refractivity contribution in [1.29, 1.82) is 0 Å². The smallest absolute Gasteiger partial charge is 0.419 e. The quantitative estimate of drug-likeness (QED) is 0.549. The molecule has 0 saturated carbocycles. The molecule has 2 unspecified atom stereocenters. The molecule has 37 heavy (non-hydrogen) atoms. The summed E-state index contributed by atoms with van der Waals surface area (Å²) in [6.45, 7) is 2.50. The fraction of sp³-hybridized carbons (Fsp3) is 0.636. The van der Waals surface area contributed by atoms with Gasteiger partial charge in [0.25, 0.3) is 10.2 Å². The van der Waals surface area contributed by atoms with Crippen LogP contribution in [0.4, 0.5) is 19.1 Å². The number of rotatable bonds is 6. The summed E-state index contributed by atoms with van der Waals surface area (Å²) in [5, 5.41) is 7.02. The van der Waals surface area contributed by atoms with Crippen LogP contribution in [0.2, 0.25) is 0 Å². The maximum Gasteiger partial charge on any atom is 0.419 e. The number of hydrogen-bond donors (Lipinski definition) is 1. The number of esters is 1. The van der Waals surface area contributed by atoms with Crippen molar-refractivity contribution in [3.63, 3.8) is 0 Å². The van der Waals surface area contributed by atoms with E-state index in [1.165, 1.54) is 32.8 Å². The van der Waals surface area contributed by atoms with Crippen LogP contribution in [0.15, 0.2) is 18.6 Å². The Morgan fingerprint density at radius 3 is 2.43 bits per heavy atom. The predicted molar refractivity (Wildman–Crippen MR) is 127 cm³/mol. The molecular formula is C22H30F3N7O4S. The van der Waals surface area contributed by atoms with Crippen LogP contribution in [0, 0.1) is 5.92 Å². The van der Waals surface area contributed by atoms with Gasteiger partial charge < -0.3 is 10.1 Å². The molecule has 1 N–H and O–H groups in total. The molecule has 11 nitrogen and oxygen atoms in total. The molecule has 0 bridgehead atoms. The topological polar surface area (TPSA) is 123 Å². The first-order valence-electron chi connectivity index (χ1n) is 11.9. The van der Waals surface area contributed by atoms with E-state index in [4.69, 9.17) is 4.74 Å². The second kappa shape index (κ2) is 10.5. The van der Waals surface area contributed by atoms with Gasteiger partial charge in [-0.3, -0.25) is 9.48 Å². The van der Waals surface area contributed by atoms with E-state index in [2.05, 4.69) is 20.4 Å². The first-order chi connectivity index (χ1) is 17.4. The number of aromatic nitrogens is 4. The number of nitrogens with zero attached hydrogens (tertiary/aromatic N) is 6. The van der Waals surface area contributed by atoms with Crippen molar-refractivity contribution >= 4 is 22.1 Å². The third kappa shape index (κ3) is 5.88. The number of carbonyl (C=O) groups is 1. The summed E-state index contributed by atoms with van der Waals surface area (Å²) in [6.07, 6.45) is 0.522. The Labute approximate surface area is 213 Å². The number of anilines is 1. The third-order valence-electron chi connectivity index (χ3n) is 6.83. The maximum atomic E-state index is 13.6. The van der Waals surface area contributed by atoms with Gasteiger partial charge in [0.05, 0.1) is 24.9 Å². The lowest BCUT2D eigenvalue weighted by atomic mass is 9.99. The highest BCUT2D eigenvalue weighted by atomic mass is 32.2. The van der Waals surface area contributed by atoms with E-state index in [1.807, 2.05) is 0 Å². The molecule has 0 aromatic carbocycles. The number of carbonyl (C=O) groups excluding carboxylic acids is 1. The van der Waals surface area contributed by atoms with Crippen molar-refractivity contribution in [3.8, 4) is 11.3 Å². The van der Waals surface area contributed by atoms with Gasteiger partial charge >= 0.3 is 12.1 Å². The predicted octanol–water partition coefficient (Wildman–Crippen LogP) is 2.29. The number of ether oxygens (including phenoxy) is 1. The molecule has 2 fully saturated rings.